The molecule has 27 heavy (non-hydrogen) atoms. The lowest BCUT2D eigenvalue weighted by molar-refractivity contribution is -0.384. The van der Waals surface area contributed by atoms with E-state index < -0.39 is 4.92 Å². The second kappa shape index (κ2) is 10.1. The Morgan fingerprint density at radius 1 is 1.22 bits per heavy atom. The molecule has 2 rings (SSSR count). The summed E-state index contributed by atoms with van der Waals surface area (Å²) in [6.45, 7) is 2.67. The minimum Gasteiger partial charge on any atom is -0.494 e. The molecule has 2 aromatic rings. The van der Waals surface area contributed by atoms with Crippen molar-refractivity contribution in [2.24, 2.45) is 0 Å². The Kier molecular flexibility index (Phi) is 7.50. The van der Waals surface area contributed by atoms with E-state index in [1.165, 1.54) is 24.3 Å². The third kappa shape index (κ3) is 6.55. The molecule has 0 saturated heterocycles. The van der Waals surface area contributed by atoms with Gasteiger partial charge in [0.05, 0.1) is 17.2 Å². The molecular formula is C18H20N4O4S. The van der Waals surface area contributed by atoms with Gasteiger partial charge in [-0.1, -0.05) is 19.4 Å². The first-order chi connectivity index (χ1) is 13.0. The molecule has 0 aliphatic heterocycles. The second-order valence-corrected chi connectivity index (χ2v) is 5.98. The molecule has 9 heteroatoms. The van der Waals surface area contributed by atoms with Crippen molar-refractivity contribution in [3.8, 4) is 5.75 Å². The average Bonchev–Trinajstić information content (AvgIpc) is 2.67. The van der Waals surface area contributed by atoms with Gasteiger partial charge in [-0.3, -0.25) is 31.1 Å². The van der Waals surface area contributed by atoms with Crippen molar-refractivity contribution in [2.75, 3.05) is 12.0 Å². The fraction of sp³-hybridized carbons (Fsp3) is 0.222. The van der Waals surface area contributed by atoms with E-state index in [0.717, 1.165) is 12.8 Å². The van der Waals surface area contributed by atoms with Gasteiger partial charge >= 0.3 is 0 Å². The SMILES string of the molecule is CCCCOc1cccc(C(=O)NC(=S)NNc2ccc([N+](=O)[O-])cc2)c1. The van der Waals surface area contributed by atoms with Crippen molar-refractivity contribution < 1.29 is 14.5 Å². The molecule has 0 heterocycles. The van der Waals surface area contributed by atoms with Crippen molar-refractivity contribution in [3.63, 3.8) is 0 Å². The maximum atomic E-state index is 12.3. The van der Waals surface area contributed by atoms with Crippen LogP contribution in [0.25, 0.3) is 0 Å². The molecule has 0 bridgehead atoms. The Hall–Kier alpha value is -3.20. The number of ether oxygens (including phenoxy) is 1. The Balaban J connectivity index is 1.85. The lowest BCUT2D eigenvalue weighted by Gasteiger charge is -2.12. The minimum atomic E-state index is -0.484. The topological polar surface area (TPSA) is 106 Å². The maximum Gasteiger partial charge on any atom is 0.269 e. The quantitative estimate of drug-likeness (QED) is 0.275. The normalized spacial score (nSPS) is 9.96. The number of hydrogen-bond acceptors (Lipinski definition) is 6. The highest BCUT2D eigenvalue weighted by Crippen LogP contribution is 2.15. The summed E-state index contributed by atoms with van der Waals surface area (Å²) < 4.78 is 5.59. The summed E-state index contributed by atoms with van der Waals surface area (Å²) in [5.41, 5.74) is 6.38. The third-order valence-corrected chi connectivity index (χ3v) is 3.69. The summed E-state index contributed by atoms with van der Waals surface area (Å²) in [4.78, 5) is 22.4. The number of thiocarbonyl (C=S) groups is 1. The molecule has 0 unspecified atom stereocenters. The van der Waals surface area contributed by atoms with Crippen LogP contribution in [0.5, 0.6) is 5.75 Å². The van der Waals surface area contributed by atoms with Crippen LogP contribution < -0.4 is 20.9 Å². The number of amides is 1. The Morgan fingerprint density at radius 2 is 1.96 bits per heavy atom. The number of hydrogen-bond donors (Lipinski definition) is 3. The molecule has 1 amide bonds. The number of nitro groups is 1. The van der Waals surface area contributed by atoms with Crippen LogP contribution in [0, 0.1) is 10.1 Å². The van der Waals surface area contributed by atoms with Gasteiger partial charge < -0.3 is 4.74 Å². The molecule has 0 aliphatic carbocycles. The molecule has 0 saturated carbocycles. The predicted octanol–water partition coefficient (Wildman–Crippen LogP) is 3.41. The van der Waals surface area contributed by atoms with Gasteiger partial charge in [0.25, 0.3) is 11.6 Å². The van der Waals surface area contributed by atoms with E-state index in [0.29, 0.717) is 23.6 Å². The van der Waals surface area contributed by atoms with Crippen molar-refractivity contribution >= 4 is 34.6 Å². The lowest BCUT2D eigenvalue weighted by atomic mass is 10.2. The van der Waals surface area contributed by atoms with E-state index in [4.69, 9.17) is 17.0 Å². The maximum absolute atomic E-state index is 12.3. The van der Waals surface area contributed by atoms with Crippen LogP contribution in [0.4, 0.5) is 11.4 Å². The summed E-state index contributed by atoms with van der Waals surface area (Å²) >= 11 is 5.07. The van der Waals surface area contributed by atoms with Crippen molar-refractivity contribution in [1.82, 2.24) is 10.7 Å². The molecule has 0 radical (unpaired) electrons. The van der Waals surface area contributed by atoms with Gasteiger partial charge in [0, 0.05) is 17.7 Å². The van der Waals surface area contributed by atoms with Crippen LogP contribution in [0.1, 0.15) is 30.1 Å². The van der Waals surface area contributed by atoms with E-state index in [1.54, 1.807) is 24.3 Å². The molecular weight excluding hydrogens is 368 g/mol. The summed E-state index contributed by atoms with van der Waals surface area (Å²) in [7, 11) is 0. The van der Waals surface area contributed by atoms with Gasteiger partial charge in [0.15, 0.2) is 5.11 Å². The zero-order chi connectivity index (χ0) is 19.6. The summed E-state index contributed by atoms with van der Waals surface area (Å²) in [6, 6.07) is 12.6. The zero-order valence-corrected chi connectivity index (χ0v) is 15.5. The van der Waals surface area contributed by atoms with Crippen molar-refractivity contribution in [3.05, 3.63) is 64.2 Å². The summed E-state index contributed by atoms with van der Waals surface area (Å²) in [6.07, 6.45) is 1.97. The highest BCUT2D eigenvalue weighted by molar-refractivity contribution is 7.80. The number of anilines is 1. The van der Waals surface area contributed by atoms with Crippen LogP contribution in [0.3, 0.4) is 0 Å². The van der Waals surface area contributed by atoms with E-state index >= 15 is 0 Å². The zero-order valence-electron chi connectivity index (χ0n) is 14.7. The molecule has 0 atom stereocenters. The second-order valence-electron chi connectivity index (χ2n) is 5.57. The largest absolute Gasteiger partial charge is 0.494 e. The van der Waals surface area contributed by atoms with Crippen molar-refractivity contribution in [1.29, 1.82) is 0 Å². The minimum absolute atomic E-state index is 0.0162. The van der Waals surface area contributed by atoms with Crippen LogP contribution in [0.2, 0.25) is 0 Å². The molecule has 0 spiro atoms. The van der Waals surface area contributed by atoms with E-state index in [9.17, 15) is 14.9 Å². The van der Waals surface area contributed by atoms with Crippen LogP contribution in [-0.4, -0.2) is 22.5 Å². The van der Waals surface area contributed by atoms with Gasteiger partial charge in [-0.2, -0.15) is 0 Å². The standard InChI is InChI=1S/C18H20N4O4S/c1-2-3-11-26-16-6-4-5-13(12-16)17(23)19-18(27)21-20-14-7-9-15(10-8-14)22(24)25/h4-10,12,20H,2-3,11H2,1H3,(H2,19,21,23,27). The number of carbonyl (C=O) groups is 1. The molecule has 0 fully saturated rings. The molecule has 142 valence electrons. The first-order valence-electron chi connectivity index (χ1n) is 8.34. The number of nitrogens with one attached hydrogen (secondary N) is 3. The smallest absolute Gasteiger partial charge is 0.269 e. The molecule has 2 aromatic carbocycles. The number of unbranched alkanes of at least 4 members (excludes halogenated alkanes) is 1. The third-order valence-electron chi connectivity index (χ3n) is 3.49. The number of carbonyl (C=O) groups excluding carboxylic acids is 1. The highest BCUT2D eigenvalue weighted by atomic mass is 32.1. The Labute approximate surface area is 162 Å². The molecule has 3 N–H and O–H groups in total. The molecule has 8 nitrogen and oxygen atoms in total. The Morgan fingerprint density at radius 3 is 2.63 bits per heavy atom. The van der Waals surface area contributed by atoms with E-state index in [1.807, 2.05) is 0 Å². The number of nitrogens with zero attached hydrogens (tertiary/aromatic N) is 1. The Bertz CT molecular complexity index is 811. The lowest BCUT2D eigenvalue weighted by Crippen LogP contribution is -2.41. The summed E-state index contributed by atoms with van der Waals surface area (Å²) in [5.74, 6) is 0.248. The van der Waals surface area contributed by atoms with Gasteiger partial charge in [0.1, 0.15) is 5.75 Å². The summed E-state index contributed by atoms with van der Waals surface area (Å²) in [5, 5.41) is 13.2. The fourth-order valence-electron chi connectivity index (χ4n) is 2.06. The predicted molar refractivity (Wildman–Crippen MR) is 107 cm³/mol. The molecule has 0 aromatic heterocycles. The fourth-order valence-corrected chi connectivity index (χ4v) is 2.21. The van der Waals surface area contributed by atoms with E-state index in [-0.39, 0.29) is 16.7 Å². The van der Waals surface area contributed by atoms with Crippen LogP contribution in [-0.2, 0) is 0 Å². The number of hydrazine groups is 1. The number of nitro benzene ring substituents is 1. The van der Waals surface area contributed by atoms with Gasteiger partial charge in [-0.05, 0) is 49.0 Å². The monoisotopic (exact) mass is 388 g/mol. The first kappa shape index (κ1) is 20.1. The number of rotatable bonds is 8. The molecule has 0 aliphatic rings. The van der Waals surface area contributed by atoms with Crippen molar-refractivity contribution in [2.45, 2.75) is 19.8 Å². The number of non-ortho nitro benzene ring substituents is 1. The van der Waals surface area contributed by atoms with E-state index in [2.05, 4.69) is 23.1 Å². The van der Waals surface area contributed by atoms with Gasteiger partial charge in [-0.25, -0.2) is 0 Å². The van der Waals surface area contributed by atoms with Gasteiger partial charge in [0.2, 0.25) is 0 Å². The highest BCUT2D eigenvalue weighted by Gasteiger charge is 2.09. The average molecular weight is 388 g/mol. The van der Waals surface area contributed by atoms with Crippen LogP contribution in [0.15, 0.2) is 48.5 Å². The first-order valence-corrected chi connectivity index (χ1v) is 8.75. The van der Waals surface area contributed by atoms with Crippen LogP contribution >= 0.6 is 12.2 Å². The van der Waals surface area contributed by atoms with Gasteiger partial charge in [-0.15, -0.1) is 0 Å². The number of benzene rings is 2.